The first-order valence-electron chi connectivity index (χ1n) is 9.72. The lowest BCUT2D eigenvalue weighted by Crippen LogP contribution is -2.30. The van der Waals surface area contributed by atoms with Crippen LogP contribution >= 0.6 is 0 Å². The van der Waals surface area contributed by atoms with Gasteiger partial charge in [0.15, 0.2) is 9.84 Å². The summed E-state index contributed by atoms with van der Waals surface area (Å²) in [6.45, 7) is 6.21. The van der Waals surface area contributed by atoms with Crippen molar-refractivity contribution >= 4 is 9.84 Å². The normalized spacial score (nSPS) is 15.3. The summed E-state index contributed by atoms with van der Waals surface area (Å²) < 4.78 is 29.2. The van der Waals surface area contributed by atoms with Crippen molar-refractivity contribution in [3.8, 4) is 5.75 Å². The maximum atomic E-state index is 12.0. The van der Waals surface area contributed by atoms with Crippen LogP contribution in [0.5, 0.6) is 5.75 Å². The molecule has 0 radical (unpaired) electrons. The van der Waals surface area contributed by atoms with Crippen LogP contribution in [0, 0.1) is 5.92 Å². The predicted octanol–water partition coefficient (Wildman–Crippen LogP) is 5.18. The number of sulfone groups is 1. The van der Waals surface area contributed by atoms with Crippen LogP contribution in [0.15, 0.2) is 24.3 Å². The smallest absolute Gasteiger partial charge is 0.155 e. The van der Waals surface area contributed by atoms with Gasteiger partial charge in [0.1, 0.15) is 5.75 Å². The molecular weight excluding hydrogens is 332 g/mol. The van der Waals surface area contributed by atoms with E-state index in [-0.39, 0.29) is 0 Å². The summed E-state index contributed by atoms with van der Waals surface area (Å²) in [5.74, 6) is 2.09. The fraction of sp³-hybridized carbons (Fsp3) is 0.714. The van der Waals surface area contributed by atoms with Gasteiger partial charge in [0, 0.05) is 0 Å². The molecular formula is C21H34O3S. The molecule has 2 rings (SSSR count). The summed E-state index contributed by atoms with van der Waals surface area (Å²) in [5.41, 5.74) is 1.36. The Balaban J connectivity index is 1.54. The molecule has 0 aromatic heterocycles. The van der Waals surface area contributed by atoms with Gasteiger partial charge in [-0.3, -0.25) is 0 Å². The van der Waals surface area contributed by atoms with Gasteiger partial charge in [-0.1, -0.05) is 31.4 Å². The molecule has 0 atom stereocenters. The zero-order valence-electron chi connectivity index (χ0n) is 16.1. The van der Waals surface area contributed by atoms with Gasteiger partial charge in [-0.05, 0) is 76.5 Å². The lowest BCUT2D eigenvalue weighted by atomic mass is 10.1. The van der Waals surface area contributed by atoms with E-state index in [4.69, 9.17) is 4.74 Å². The molecule has 0 amide bonds. The molecule has 0 aliphatic heterocycles. The average molecular weight is 367 g/mol. The second-order valence-electron chi connectivity index (χ2n) is 8.35. The topological polar surface area (TPSA) is 43.4 Å². The van der Waals surface area contributed by atoms with E-state index in [2.05, 4.69) is 24.3 Å². The van der Waals surface area contributed by atoms with Crippen molar-refractivity contribution in [2.24, 2.45) is 5.92 Å². The van der Waals surface area contributed by atoms with Crippen LogP contribution in [0.3, 0.4) is 0 Å². The summed E-state index contributed by atoms with van der Waals surface area (Å²) in [6.07, 6.45) is 8.95. The Morgan fingerprint density at radius 1 is 0.960 bits per heavy atom. The van der Waals surface area contributed by atoms with Gasteiger partial charge in [-0.25, -0.2) is 8.42 Å². The minimum absolute atomic E-state index is 0.318. The highest BCUT2D eigenvalue weighted by Crippen LogP contribution is 2.29. The van der Waals surface area contributed by atoms with Crippen molar-refractivity contribution in [2.75, 3.05) is 12.4 Å². The van der Waals surface area contributed by atoms with Gasteiger partial charge < -0.3 is 4.74 Å². The van der Waals surface area contributed by atoms with Crippen LogP contribution in [0.1, 0.15) is 71.3 Å². The van der Waals surface area contributed by atoms with E-state index < -0.39 is 14.6 Å². The van der Waals surface area contributed by atoms with Gasteiger partial charge >= 0.3 is 0 Å². The number of hydrogen-bond donors (Lipinski definition) is 0. The Morgan fingerprint density at radius 3 is 2.16 bits per heavy atom. The van der Waals surface area contributed by atoms with Gasteiger partial charge in [0.05, 0.1) is 17.1 Å². The van der Waals surface area contributed by atoms with Gasteiger partial charge in [-0.15, -0.1) is 0 Å². The molecule has 3 nitrogen and oxygen atoms in total. The van der Waals surface area contributed by atoms with Crippen LogP contribution in [0.4, 0.5) is 0 Å². The summed E-state index contributed by atoms with van der Waals surface area (Å²) in [7, 11) is -2.96. The SMILES string of the molecule is CC(C)(C)S(=O)(=O)CCCCCCCc1ccc(OCC2CC2)cc1. The second kappa shape index (κ2) is 9.07. The quantitative estimate of drug-likeness (QED) is 0.507. The van der Waals surface area contributed by atoms with E-state index in [0.717, 1.165) is 56.8 Å². The molecule has 0 N–H and O–H groups in total. The molecule has 4 heteroatoms. The van der Waals surface area contributed by atoms with Crippen molar-refractivity contribution in [3.05, 3.63) is 29.8 Å². The third kappa shape index (κ3) is 7.39. The number of hydrogen-bond acceptors (Lipinski definition) is 3. The zero-order valence-corrected chi connectivity index (χ0v) is 16.9. The molecule has 0 bridgehead atoms. The maximum absolute atomic E-state index is 12.0. The molecule has 1 fully saturated rings. The van der Waals surface area contributed by atoms with Crippen molar-refractivity contribution in [2.45, 2.75) is 76.9 Å². The van der Waals surface area contributed by atoms with E-state index in [9.17, 15) is 8.42 Å². The second-order valence-corrected chi connectivity index (χ2v) is 11.2. The fourth-order valence-corrected chi connectivity index (χ4v) is 3.91. The molecule has 1 aliphatic carbocycles. The predicted molar refractivity (Wildman–Crippen MR) is 105 cm³/mol. The average Bonchev–Trinajstić information content (AvgIpc) is 3.36. The van der Waals surface area contributed by atoms with E-state index in [1.807, 2.05) is 0 Å². The van der Waals surface area contributed by atoms with E-state index in [0.29, 0.717) is 5.75 Å². The molecule has 1 aromatic rings. The molecule has 1 aromatic carbocycles. The first kappa shape index (κ1) is 20.3. The van der Waals surface area contributed by atoms with E-state index in [1.54, 1.807) is 20.8 Å². The Morgan fingerprint density at radius 2 is 1.56 bits per heavy atom. The third-order valence-corrected chi connectivity index (χ3v) is 7.61. The number of aryl methyl sites for hydroxylation is 1. The Labute approximate surface area is 154 Å². The zero-order chi connectivity index (χ0) is 18.3. The number of rotatable bonds is 11. The van der Waals surface area contributed by atoms with E-state index in [1.165, 1.54) is 18.4 Å². The van der Waals surface area contributed by atoms with Crippen LogP contribution in [-0.4, -0.2) is 25.5 Å². The summed E-state index contributed by atoms with van der Waals surface area (Å²) in [6, 6.07) is 8.49. The minimum Gasteiger partial charge on any atom is -0.493 e. The first-order valence-corrected chi connectivity index (χ1v) is 11.4. The molecule has 0 unspecified atom stereocenters. The Hall–Kier alpha value is -1.03. The monoisotopic (exact) mass is 366 g/mol. The summed E-state index contributed by atoms with van der Waals surface area (Å²) >= 11 is 0. The van der Waals surface area contributed by atoms with Gasteiger partial charge in [0.2, 0.25) is 0 Å². The summed E-state index contributed by atoms with van der Waals surface area (Å²) in [4.78, 5) is 0. The first-order chi connectivity index (χ1) is 11.8. The van der Waals surface area contributed by atoms with Crippen molar-refractivity contribution < 1.29 is 13.2 Å². The highest BCUT2D eigenvalue weighted by atomic mass is 32.2. The largest absolute Gasteiger partial charge is 0.493 e. The van der Waals surface area contributed by atoms with Crippen molar-refractivity contribution in [3.63, 3.8) is 0 Å². The molecule has 1 saturated carbocycles. The molecule has 142 valence electrons. The third-order valence-electron chi connectivity index (χ3n) is 4.92. The minimum atomic E-state index is -2.96. The maximum Gasteiger partial charge on any atom is 0.155 e. The van der Waals surface area contributed by atoms with Crippen molar-refractivity contribution in [1.29, 1.82) is 0 Å². The van der Waals surface area contributed by atoms with Crippen LogP contribution in [0.2, 0.25) is 0 Å². The lowest BCUT2D eigenvalue weighted by molar-refractivity contribution is 0.299. The highest BCUT2D eigenvalue weighted by molar-refractivity contribution is 7.92. The standard InChI is InChI=1S/C21H34O3S/c1-21(2,3)25(22,23)16-8-6-4-5-7-9-18-12-14-20(15-13-18)24-17-19-10-11-19/h12-15,19H,4-11,16-17H2,1-3H3. The summed E-state index contributed by atoms with van der Waals surface area (Å²) in [5, 5.41) is 0. The number of unbranched alkanes of at least 4 members (excludes halogenated alkanes) is 4. The van der Waals surface area contributed by atoms with Crippen LogP contribution in [0.25, 0.3) is 0 Å². The van der Waals surface area contributed by atoms with Crippen LogP contribution < -0.4 is 4.74 Å². The van der Waals surface area contributed by atoms with Gasteiger partial charge in [0.25, 0.3) is 0 Å². The Kier molecular flexibility index (Phi) is 7.36. The number of ether oxygens (including phenoxy) is 1. The molecule has 25 heavy (non-hydrogen) atoms. The molecule has 0 spiro atoms. The van der Waals surface area contributed by atoms with Crippen molar-refractivity contribution in [1.82, 2.24) is 0 Å². The Bertz CT molecular complexity index is 608. The lowest BCUT2D eigenvalue weighted by Gasteiger charge is -2.18. The molecule has 0 saturated heterocycles. The number of benzene rings is 1. The van der Waals surface area contributed by atoms with E-state index >= 15 is 0 Å². The van der Waals surface area contributed by atoms with Crippen LogP contribution in [-0.2, 0) is 16.3 Å². The molecule has 1 aliphatic rings. The molecule has 0 heterocycles. The van der Waals surface area contributed by atoms with Gasteiger partial charge in [-0.2, -0.15) is 0 Å². The highest BCUT2D eigenvalue weighted by Gasteiger charge is 2.27. The fourth-order valence-electron chi connectivity index (χ4n) is 2.71.